The Balaban J connectivity index is 2.44. The fourth-order valence-electron chi connectivity index (χ4n) is 1.76. The molecule has 0 atom stereocenters. The second kappa shape index (κ2) is 5.53. The lowest BCUT2D eigenvalue weighted by atomic mass is 10.2. The summed E-state index contributed by atoms with van der Waals surface area (Å²) in [5.74, 6) is -2.35. The zero-order valence-corrected chi connectivity index (χ0v) is 11.8. The predicted molar refractivity (Wildman–Crippen MR) is 75.3 cm³/mol. The molecule has 0 saturated heterocycles. The predicted octanol–water partition coefficient (Wildman–Crippen LogP) is 2.63. The smallest absolute Gasteiger partial charge is 0.335 e. The number of rotatable bonds is 4. The van der Waals surface area contributed by atoms with E-state index in [1.54, 1.807) is 25.1 Å². The highest BCUT2D eigenvalue weighted by atomic mass is 32.2. The summed E-state index contributed by atoms with van der Waals surface area (Å²) in [6.45, 7) is 1.78. The molecule has 0 amide bonds. The highest BCUT2D eigenvalue weighted by molar-refractivity contribution is 7.92. The molecule has 0 aliphatic carbocycles. The SMILES string of the molecule is Cc1cccc(NS(=O)(=O)c2cc(C(=O)O)ccc2F)c1. The third kappa shape index (κ3) is 3.38. The van der Waals surface area contributed by atoms with Crippen LogP contribution in [0.2, 0.25) is 0 Å². The number of aryl methyl sites for hydroxylation is 1. The molecule has 110 valence electrons. The van der Waals surface area contributed by atoms with E-state index >= 15 is 0 Å². The first-order valence-electron chi connectivity index (χ1n) is 5.92. The maximum atomic E-state index is 13.7. The summed E-state index contributed by atoms with van der Waals surface area (Å²) in [7, 11) is -4.21. The molecule has 0 aliphatic heterocycles. The molecule has 0 saturated carbocycles. The van der Waals surface area contributed by atoms with E-state index in [9.17, 15) is 17.6 Å². The van der Waals surface area contributed by atoms with Gasteiger partial charge in [0.15, 0.2) is 0 Å². The first kappa shape index (κ1) is 15.0. The molecular weight excluding hydrogens is 297 g/mol. The standard InChI is InChI=1S/C14H12FNO4S/c1-9-3-2-4-11(7-9)16-21(19,20)13-8-10(14(17)18)5-6-12(13)15/h2-8,16H,1H3,(H,17,18). The van der Waals surface area contributed by atoms with Crippen LogP contribution in [-0.4, -0.2) is 19.5 Å². The molecule has 0 bridgehead atoms. The normalized spacial score (nSPS) is 11.1. The summed E-state index contributed by atoms with van der Waals surface area (Å²) < 4.78 is 40.2. The Morgan fingerprint density at radius 2 is 1.90 bits per heavy atom. The van der Waals surface area contributed by atoms with Crippen LogP contribution < -0.4 is 4.72 Å². The molecule has 2 aromatic rings. The van der Waals surface area contributed by atoms with E-state index < -0.39 is 26.7 Å². The van der Waals surface area contributed by atoms with Crippen LogP contribution in [0.3, 0.4) is 0 Å². The lowest BCUT2D eigenvalue weighted by Gasteiger charge is -2.10. The van der Waals surface area contributed by atoms with E-state index in [2.05, 4.69) is 4.72 Å². The van der Waals surface area contributed by atoms with E-state index in [1.807, 2.05) is 0 Å². The topological polar surface area (TPSA) is 83.5 Å². The molecule has 0 aromatic heterocycles. The first-order valence-corrected chi connectivity index (χ1v) is 7.40. The van der Waals surface area contributed by atoms with Crippen LogP contribution in [-0.2, 0) is 10.0 Å². The number of carboxylic acid groups (broad SMARTS) is 1. The molecule has 0 spiro atoms. The fourth-order valence-corrected chi connectivity index (χ4v) is 2.92. The van der Waals surface area contributed by atoms with Crippen LogP contribution in [0.15, 0.2) is 47.4 Å². The van der Waals surface area contributed by atoms with Gasteiger partial charge in [0.05, 0.1) is 5.56 Å². The van der Waals surface area contributed by atoms with Gasteiger partial charge in [-0.1, -0.05) is 12.1 Å². The van der Waals surface area contributed by atoms with E-state index in [0.717, 1.165) is 23.8 Å². The third-order valence-corrected chi connectivity index (χ3v) is 4.13. The second-order valence-corrected chi connectivity index (χ2v) is 6.08. The minimum atomic E-state index is -4.21. The fraction of sp³-hybridized carbons (Fsp3) is 0.0714. The second-order valence-electron chi connectivity index (χ2n) is 4.43. The Labute approximate surface area is 121 Å². The Morgan fingerprint density at radius 3 is 2.52 bits per heavy atom. The number of hydrogen-bond donors (Lipinski definition) is 2. The molecule has 2 N–H and O–H groups in total. The number of benzene rings is 2. The number of aromatic carboxylic acids is 1. The zero-order valence-electron chi connectivity index (χ0n) is 11.0. The van der Waals surface area contributed by atoms with Crippen molar-refractivity contribution >= 4 is 21.7 Å². The number of sulfonamides is 1. The number of hydrogen-bond acceptors (Lipinski definition) is 3. The van der Waals surface area contributed by atoms with Crippen LogP contribution in [0.5, 0.6) is 0 Å². The van der Waals surface area contributed by atoms with Gasteiger partial charge in [0.25, 0.3) is 10.0 Å². The van der Waals surface area contributed by atoms with Gasteiger partial charge in [0.1, 0.15) is 10.7 Å². The average molecular weight is 309 g/mol. The van der Waals surface area contributed by atoms with Gasteiger partial charge in [-0.15, -0.1) is 0 Å². The summed E-state index contributed by atoms with van der Waals surface area (Å²) in [5.41, 5.74) is 0.797. The molecule has 2 aromatic carbocycles. The molecule has 0 unspecified atom stereocenters. The summed E-state index contributed by atoms with van der Waals surface area (Å²) in [5, 5.41) is 8.85. The first-order chi connectivity index (χ1) is 9.79. The maximum Gasteiger partial charge on any atom is 0.335 e. The number of anilines is 1. The number of carbonyl (C=O) groups is 1. The minimum absolute atomic E-state index is 0.273. The van der Waals surface area contributed by atoms with Gasteiger partial charge in [-0.2, -0.15) is 0 Å². The third-order valence-electron chi connectivity index (χ3n) is 2.74. The average Bonchev–Trinajstić information content (AvgIpc) is 2.38. The molecule has 5 nitrogen and oxygen atoms in total. The van der Waals surface area contributed by atoms with Crippen LogP contribution in [0, 0.1) is 12.7 Å². The van der Waals surface area contributed by atoms with E-state index in [1.165, 1.54) is 6.07 Å². The molecule has 0 aliphatic rings. The molecule has 21 heavy (non-hydrogen) atoms. The largest absolute Gasteiger partial charge is 0.478 e. The van der Waals surface area contributed by atoms with Gasteiger partial charge in [0, 0.05) is 5.69 Å². The van der Waals surface area contributed by atoms with Crippen molar-refractivity contribution in [2.45, 2.75) is 11.8 Å². The van der Waals surface area contributed by atoms with Crippen molar-refractivity contribution in [1.82, 2.24) is 0 Å². The lowest BCUT2D eigenvalue weighted by molar-refractivity contribution is 0.0696. The zero-order chi connectivity index (χ0) is 15.6. The monoisotopic (exact) mass is 309 g/mol. The van der Waals surface area contributed by atoms with Crippen LogP contribution in [0.4, 0.5) is 10.1 Å². The van der Waals surface area contributed by atoms with E-state index in [4.69, 9.17) is 5.11 Å². The molecule has 0 radical (unpaired) electrons. The van der Waals surface area contributed by atoms with Gasteiger partial charge < -0.3 is 5.11 Å². The quantitative estimate of drug-likeness (QED) is 0.909. The molecular formula is C14H12FNO4S. The Morgan fingerprint density at radius 1 is 1.19 bits per heavy atom. The van der Waals surface area contributed by atoms with Crippen molar-refractivity contribution < 1.29 is 22.7 Å². The molecule has 0 fully saturated rings. The molecule has 2 rings (SSSR count). The van der Waals surface area contributed by atoms with E-state index in [0.29, 0.717) is 0 Å². The van der Waals surface area contributed by atoms with Crippen LogP contribution >= 0.6 is 0 Å². The highest BCUT2D eigenvalue weighted by Gasteiger charge is 2.21. The minimum Gasteiger partial charge on any atom is -0.478 e. The maximum absolute atomic E-state index is 13.7. The van der Waals surface area contributed by atoms with Crippen molar-refractivity contribution in [3.8, 4) is 0 Å². The van der Waals surface area contributed by atoms with Crippen molar-refractivity contribution in [2.75, 3.05) is 4.72 Å². The van der Waals surface area contributed by atoms with E-state index in [-0.39, 0.29) is 11.3 Å². The lowest BCUT2D eigenvalue weighted by Crippen LogP contribution is -2.15. The number of halogens is 1. The molecule has 0 heterocycles. The van der Waals surface area contributed by atoms with Crippen LogP contribution in [0.1, 0.15) is 15.9 Å². The van der Waals surface area contributed by atoms with Crippen molar-refractivity contribution in [2.24, 2.45) is 0 Å². The molecule has 7 heteroatoms. The van der Waals surface area contributed by atoms with Crippen molar-refractivity contribution in [1.29, 1.82) is 0 Å². The Hall–Kier alpha value is -2.41. The summed E-state index contributed by atoms with van der Waals surface area (Å²) in [4.78, 5) is 10.2. The Bertz CT molecular complexity index is 802. The van der Waals surface area contributed by atoms with Gasteiger partial charge >= 0.3 is 5.97 Å². The highest BCUT2D eigenvalue weighted by Crippen LogP contribution is 2.21. The number of nitrogens with one attached hydrogen (secondary N) is 1. The van der Waals surface area contributed by atoms with Gasteiger partial charge in [-0.05, 0) is 42.8 Å². The summed E-state index contributed by atoms with van der Waals surface area (Å²) in [6, 6.07) is 9.13. The van der Waals surface area contributed by atoms with Gasteiger partial charge in [-0.25, -0.2) is 17.6 Å². The van der Waals surface area contributed by atoms with Crippen molar-refractivity contribution in [3.05, 3.63) is 59.4 Å². The van der Waals surface area contributed by atoms with Crippen LogP contribution in [0.25, 0.3) is 0 Å². The summed E-state index contributed by atoms with van der Waals surface area (Å²) in [6.07, 6.45) is 0. The summed E-state index contributed by atoms with van der Waals surface area (Å²) >= 11 is 0. The van der Waals surface area contributed by atoms with Gasteiger partial charge in [0.2, 0.25) is 0 Å². The van der Waals surface area contributed by atoms with Crippen molar-refractivity contribution in [3.63, 3.8) is 0 Å². The van der Waals surface area contributed by atoms with Gasteiger partial charge in [-0.3, -0.25) is 4.72 Å². The Kier molecular flexibility index (Phi) is 3.95. The number of carboxylic acids is 1.